The Balaban J connectivity index is 1.97. The third-order valence-corrected chi connectivity index (χ3v) is 4.05. The number of aromatic nitrogens is 1. The molecule has 0 saturated carbocycles. The molecular formula is C14H14ClN3O3S. The number of hydrogen-bond donors (Lipinski definition) is 2. The maximum atomic E-state index is 12.0. The quantitative estimate of drug-likeness (QED) is 0.893. The molecule has 2 rings (SSSR count). The first-order chi connectivity index (χ1) is 10.5. The summed E-state index contributed by atoms with van der Waals surface area (Å²) in [4.78, 5) is 27.2. The van der Waals surface area contributed by atoms with Crippen LogP contribution >= 0.6 is 22.9 Å². The molecular weight excluding hydrogens is 326 g/mol. The van der Waals surface area contributed by atoms with E-state index in [1.807, 2.05) is 6.92 Å². The highest BCUT2D eigenvalue weighted by Crippen LogP contribution is 2.23. The predicted molar refractivity (Wildman–Crippen MR) is 86.7 cm³/mol. The van der Waals surface area contributed by atoms with Crippen molar-refractivity contribution in [3.05, 3.63) is 39.9 Å². The number of nitrogens with one attached hydrogen (secondary N) is 2. The Hall–Kier alpha value is -2.12. The van der Waals surface area contributed by atoms with Gasteiger partial charge in [0.2, 0.25) is 5.91 Å². The maximum Gasteiger partial charge on any atom is 0.413 e. The van der Waals surface area contributed by atoms with Crippen LogP contribution in [-0.2, 0) is 16.0 Å². The van der Waals surface area contributed by atoms with E-state index in [0.29, 0.717) is 21.5 Å². The Morgan fingerprint density at radius 1 is 1.36 bits per heavy atom. The highest BCUT2D eigenvalue weighted by atomic mass is 35.5. The number of rotatable bonds is 4. The Morgan fingerprint density at radius 2 is 2.14 bits per heavy atom. The van der Waals surface area contributed by atoms with E-state index in [1.165, 1.54) is 18.4 Å². The molecule has 0 saturated heterocycles. The van der Waals surface area contributed by atoms with Crippen LogP contribution in [0.2, 0.25) is 5.02 Å². The predicted octanol–water partition coefficient (Wildman–Crippen LogP) is 3.46. The molecule has 0 aliphatic carbocycles. The number of hydrogen-bond acceptors (Lipinski definition) is 5. The van der Waals surface area contributed by atoms with Gasteiger partial charge in [0.05, 0.1) is 19.2 Å². The number of methoxy groups -OCH3 is 1. The lowest BCUT2D eigenvalue weighted by atomic mass is 10.2. The Kier molecular flexibility index (Phi) is 5.35. The van der Waals surface area contributed by atoms with Crippen molar-refractivity contribution in [2.24, 2.45) is 0 Å². The van der Waals surface area contributed by atoms with Crippen LogP contribution in [0.1, 0.15) is 11.3 Å². The van der Waals surface area contributed by atoms with Crippen molar-refractivity contribution in [2.75, 3.05) is 17.7 Å². The molecule has 2 N–H and O–H groups in total. The highest BCUT2D eigenvalue weighted by molar-refractivity contribution is 7.13. The fraction of sp³-hybridized carbons (Fsp3) is 0.214. The van der Waals surface area contributed by atoms with E-state index >= 15 is 0 Å². The molecule has 0 unspecified atom stereocenters. The lowest BCUT2D eigenvalue weighted by Crippen LogP contribution is -2.15. The van der Waals surface area contributed by atoms with Gasteiger partial charge in [0, 0.05) is 16.1 Å². The van der Waals surface area contributed by atoms with Crippen LogP contribution in [0.3, 0.4) is 0 Å². The molecule has 2 amide bonds. The minimum Gasteiger partial charge on any atom is -0.453 e. The average Bonchev–Trinajstić information content (AvgIpc) is 2.90. The minimum absolute atomic E-state index is 0.102. The smallest absolute Gasteiger partial charge is 0.413 e. The maximum absolute atomic E-state index is 12.0. The third kappa shape index (κ3) is 4.19. The van der Waals surface area contributed by atoms with Crippen molar-refractivity contribution in [1.29, 1.82) is 0 Å². The Morgan fingerprint density at radius 3 is 2.86 bits per heavy atom. The number of carbonyl (C=O) groups excluding carboxylic acids is 2. The molecule has 0 aliphatic rings. The molecule has 0 bridgehead atoms. The SMILES string of the molecule is COC(=O)Nc1nc(CC(=O)Nc2cccc(Cl)c2C)cs1. The first-order valence-corrected chi connectivity index (χ1v) is 7.59. The first kappa shape index (κ1) is 16.3. The van der Waals surface area contributed by atoms with E-state index in [0.717, 1.165) is 5.56 Å². The topological polar surface area (TPSA) is 80.3 Å². The first-order valence-electron chi connectivity index (χ1n) is 6.34. The summed E-state index contributed by atoms with van der Waals surface area (Å²) >= 11 is 7.23. The molecule has 1 heterocycles. The van der Waals surface area contributed by atoms with Crippen LogP contribution in [0.15, 0.2) is 23.6 Å². The zero-order chi connectivity index (χ0) is 16.1. The zero-order valence-corrected chi connectivity index (χ0v) is 13.5. The number of anilines is 2. The Labute approximate surface area is 136 Å². The van der Waals surface area contributed by atoms with Gasteiger partial charge in [-0.15, -0.1) is 11.3 Å². The molecule has 1 aromatic carbocycles. The van der Waals surface area contributed by atoms with Gasteiger partial charge in [0.15, 0.2) is 5.13 Å². The summed E-state index contributed by atoms with van der Waals surface area (Å²) in [6.45, 7) is 1.83. The number of ether oxygens (including phenoxy) is 1. The largest absolute Gasteiger partial charge is 0.453 e. The van der Waals surface area contributed by atoms with Crippen LogP contribution in [0, 0.1) is 6.92 Å². The van der Waals surface area contributed by atoms with Gasteiger partial charge >= 0.3 is 6.09 Å². The van der Waals surface area contributed by atoms with Gasteiger partial charge in [-0.05, 0) is 24.6 Å². The van der Waals surface area contributed by atoms with Gasteiger partial charge in [0.1, 0.15) is 0 Å². The second-order valence-electron chi connectivity index (χ2n) is 4.40. The van der Waals surface area contributed by atoms with Gasteiger partial charge in [-0.1, -0.05) is 17.7 Å². The fourth-order valence-electron chi connectivity index (χ4n) is 1.69. The number of benzene rings is 1. The molecule has 0 spiro atoms. The summed E-state index contributed by atoms with van der Waals surface area (Å²) in [5.74, 6) is -0.208. The summed E-state index contributed by atoms with van der Waals surface area (Å²) in [5, 5.41) is 7.92. The van der Waals surface area contributed by atoms with Crippen molar-refractivity contribution in [2.45, 2.75) is 13.3 Å². The van der Waals surface area contributed by atoms with Gasteiger partial charge in [-0.25, -0.2) is 9.78 Å². The van der Waals surface area contributed by atoms with Crippen molar-refractivity contribution in [1.82, 2.24) is 4.98 Å². The molecule has 0 aliphatic heterocycles. The van der Waals surface area contributed by atoms with Crippen LogP contribution < -0.4 is 10.6 Å². The van der Waals surface area contributed by atoms with Crippen LogP contribution in [-0.4, -0.2) is 24.1 Å². The fourth-order valence-corrected chi connectivity index (χ4v) is 2.56. The molecule has 22 heavy (non-hydrogen) atoms. The van der Waals surface area contributed by atoms with E-state index in [-0.39, 0.29) is 12.3 Å². The van der Waals surface area contributed by atoms with E-state index < -0.39 is 6.09 Å². The molecule has 0 fully saturated rings. The summed E-state index contributed by atoms with van der Waals surface area (Å²) in [6.07, 6.45) is -0.495. The van der Waals surface area contributed by atoms with Crippen LogP contribution in [0.4, 0.5) is 15.6 Å². The van der Waals surface area contributed by atoms with Crippen LogP contribution in [0.5, 0.6) is 0 Å². The summed E-state index contributed by atoms with van der Waals surface area (Å²) in [5.41, 5.74) is 2.04. The number of nitrogens with zero attached hydrogens (tertiary/aromatic N) is 1. The van der Waals surface area contributed by atoms with E-state index in [9.17, 15) is 9.59 Å². The zero-order valence-electron chi connectivity index (χ0n) is 12.0. The monoisotopic (exact) mass is 339 g/mol. The van der Waals surface area contributed by atoms with E-state index in [1.54, 1.807) is 23.6 Å². The lowest BCUT2D eigenvalue weighted by Gasteiger charge is -2.08. The molecule has 6 nitrogen and oxygen atoms in total. The number of halogens is 1. The average molecular weight is 340 g/mol. The normalized spacial score (nSPS) is 10.1. The summed E-state index contributed by atoms with van der Waals surface area (Å²) in [7, 11) is 1.27. The molecule has 2 aromatic rings. The van der Waals surface area contributed by atoms with Crippen molar-refractivity contribution < 1.29 is 14.3 Å². The second kappa shape index (κ2) is 7.24. The standard InChI is InChI=1S/C14H14ClN3O3S/c1-8-10(15)4-3-5-11(8)17-12(19)6-9-7-22-13(16-9)18-14(20)21-2/h3-5,7H,6H2,1-2H3,(H,17,19)(H,16,18,20). The third-order valence-electron chi connectivity index (χ3n) is 2.83. The minimum atomic E-state index is -0.597. The second-order valence-corrected chi connectivity index (χ2v) is 5.66. The number of thiazole rings is 1. The van der Waals surface area contributed by atoms with E-state index in [2.05, 4.69) is 20.4 Å². The molecule has 116 valence electrons. The molecule has 1 aromatic heterocycles. The highest BCUT2D eigenvalue weighted by Gasteiger charge is 2.11. The molecule has 0 atom stereocenters. The van der Waals surface area contributed by atoms with Crippen molar-refractivity contribution in [3.8, 4) is 0 Å². The van der Waals surface area contributed by atoms with Gasteiger partial charge in [-0.2, -0.15) is 0 Å². The molecule has 8 heteroatoms. The lowest BCUT2D eigenvalue weighted by molar-refractivity contribution is -0.115. The van der Waals surface area contributed by atoms with Gasteiger partial charge in [-0.3, -0.25) is 10.1 Å². The Bertz CT molecular complexity index is 702. The van der Waals surface area contributed by atoms with Crippen molar-refractivity contribution in [3.63, 3.8) is 0 Å². The van der Waals surface area contributed by atoms with Gasteiger partial charge in [0.25, 0.3) is 0 Å². The number of carbonyl (C=O) groups is 2. The van der Waals surface area contributed by atoms with Crippen LogP contribution in [0.25, 0.3) is 0 Å². The van der Waals surface area contributed by atoms with Gasteiger partial charge < -0.3 is 10.1 Å². The van der Waals surface area contributed by atoms with E-state index in [4.69, 9.17) is 11.6 Å². The summed E-state index contributed by atoms with van der Waals surface area (Å²) in [6, 6.07) is 5.31. The molecule has 0 radical (unpaired) electrons. The van der Waals surface area contributed by atoms with Crippen molar-refractivity contribution >= 4 is 45.8 Å². The summed E-state index contributed by atoms with van der Waals surface area (Å²) < 4.78 is 4.47. The number of amides is 2.